The summed E-state index contributed by atoms with van der Waals surface area (Å²) in [5.41, 5.74) is 0. The monoisotopic (exact) mass is 275 g/mol. The van der Waals surface area contributed by atoms with Gasteiger partial charge in [-0.15, -0.1) is 0 Å². The zero-order valence-electron chi connectivity index (χ0n) is 9.44. The highest BCUT2D eigenvalue weighted by Crippen LogP contribution is 2.31. The van der Waals surface area contributed by atoms with Crippen LogP contribution in [0.15, 0.2) is 6.20 Å². The first-order valence-corrected chi connectivity index (χ1v) is 6.53. The highest BCUT2D eigenvalue weighted by atomic mass is 35.5. The van der Waals surface area contributed by atoms with E-state index in [1.807, 2.05) is 4.90 Å². The number of hydrogen-bond donors (Lipinski definition) is 1. The maximum absolute atomic E-state index is 9.16. The second-order valence-electron chi connectivity index (χ2n) is 4.17. The van der Waals surface area contributed by atoms with Crippen molar-refractivity contribution in [2.75, 3.05) is 18.1 Å². The molecule has 1 N–H and O–H groups in total. The molecule has 0 bridgehead atoms. The Bertz CT molecular complexity index is 383. The molecule has 0 saturated heterocycles. The molecule has 0 unspecified atom stereocenters. The number of aliphatic hydroxyl groups is 1. The van der Waals surface area contributed by atoms with Crippen molar-refractivity contribution < 1.29 is 5.11 Å². The van der Waals surface area contributed by atoms with Gasteiger partial charge in [0.2, 0.25) is 5.28 Å². The van der Waals surface area contributed by atoms with Gasteiger partial charge in [-0.25, -0.2) is 4.98 Å². The average Bonchev–Trinajstić information content (AvgIpc) is 2.83. The molecular formula is C11H15Cl2N3O. The van der Waals surface area contributed by atoms with Gasteiger partial charge in [-0.3, -0.25) is 0 Å². The van der Waals surface area contributed by atoms with Gasteiger partial charge in [0.05, 0.1) is 12.8 Å². The number of rotatable bonds is 4. The van der Waals surface area contributed by atoms with Crippen LogP contribution in [0.4, 0.5) is 5.82 Å². The lowest BCUT2D eigenvalue weighted by Crippen LogP contribution is -2.36. The fourth-order valence-electron chi connectivity index (χ4n) is 2.32. The van der Waals surface area contributed by atoms with Crippen molar-refractivity contribution in [2.24, 2.45) is 0 Å². The summed E-state index contributed by atoms with van der Waals surface area (Å²) >= 11 is 11.9. The molecule has 0 aliphatic heterocycles. The zero-order valence-corrected chi connectivity index (χ0v) is 11.0. The highest BCUT2D eigenvalue weighted by molar-refractivity contribution is 6.33. The number of aliphatic hydroxyl groups excluding tert-OH is 1. The van der Waals surface area contributed by atoms with Gasteiger partial charge >= 0.3 is 0 Å². The number of anilines is 1. The van der Waals surface area contributed by atoms with Crippen LogP contribution in [0.25, 0.3) is 0 Å². The number of halogens is 2. The van der Waals surface area contributed by atoms with Crippen molar-refractivity contribution in [3.05, 3.63) is 16.5 Å². The van der Waals surface area contributed by atoms with Gasteiger partial charge in [-0.1, -0.05) is 24.4 Å². The molecule has 1 fully saturated rings. The van der Waals surface area contributed by atoms with Crippen LogP contribution in [0.1, 0.15) is 25.7 Å². The summed E-state index contributed by atoms with van der Waals surface area (Å²) in [5.74, 6) is 0.632. The average molecular weight is 276 g/mol. The minimum Gasteiger partial charge on any atom is -0.395 e. The lowest BCUT2D eigenvalue weighted by molar-refractivity contribution is 0.297. The molecule has 6 heteroatoms. The maximum Gasteiger partial charge on any atom is 0.224 e. The van der Waals surface area contributed by atoms with Crippen molar-refractivity contribution in [1.29, 1.82) is 0 Å². The second-order valence-corrected chi connectivity index (χ2v) is 4.91. The van der Waals surface area contributed by atoms with Crippen LogP contribution in [-0.2, 0) is 0 Å². The van der Waals surface area contributed by atoms with Gasteiger partial charge in [-0.2, -0.15) is 4.98 Å². The molecule has 1 aliphatic rings. The van der Waals surface area contributed by atoms with E-state index in [0.717, 1.165) is 12.8 Å². The van der Waals surface area contributed by atoms with Crippen LogP contribution in [0.2, 0.25) is 10.3 Å². The Balaban J connectivity index is 2.27. The lowest BCUT2D eigenvalue weighted by atomic mass is 10.2. The van der Waals surface area contributed by atoms with Gasteiger partial charge in [0.1, 0.15) is 5.02 Å². The minimum atomic E-state index is 0.0778. The quantitative estimate of drug-likeness (QED) is 0.858. The first-order chi connectivity index (χ1) is 8.22. The first kappa shape index (κ1) is 12.9. The van der Waals surface area contributed by atoms with Crippen LogP contribution in [0.5, 0.6) is 0 Å². The Labute approximate surface area is 111 Å². The first-order valence-electron chi connectivity index (χ1n) is 5.78. The van der Waals surface area contributed by atoms with Crippen molar-refractivity contribution in [2.45, 2.75) is 31.7 Å². The van der Waals surface area contributed by atoms with Crippen molar-refractivity contribution in [1.82, 2.24) is 9.97 Å². The summed E-state index contributed by atoms with van der Waals surface area (Å²) in [4.78, 5) is 10.1. The summed E-state index contributed by atoms with van der Waals surface area (Å²) in [7, 11) is 0. The van der Waals surface area contributed by atoms with Crippen molar-refractivity contribution in [3.63, 3.8) is 0 Å². The Morgan fingerprint density at radius 3 is 2.71 bits per heavy atom. The van der Waals surface area contributed by atoms with E-state index in [1.165, 1.54) is 19.0 Å². The fraction of sp³-hybridized carbons (Fsp3) is 0.636. The molecule has 2 rings (SSSR count). The maximum atomic E-state index is 9.16. The SMILES string of the molecule is OCCN(c1nc(Cl)ncc1Cl)C1CCCC1. The summed E-state index contributed by atoms with van der Waals surface area (Å²) < 4.78 is 0. The van der Waals surface area contributed by atoms with Gasteiger partial charge in [0.25, 0.3) is 0 Å². The summed E-state index contributed by atoms with van der Waals surface area (Å²) in [6.07, 6.45) is 6.15. The standard InChI is InChI=1S/C11H15Cl2N3O/c12-9-7-14-11(13)15-10(9)16(5-6-17)8-3-1-2-4-8/h7-8,17H,1-6H2. The molecule has 1 aromatic heterocycles. The van der Waals surface area contributed by atoms with E-state index in [9.17, 15) is 0 Å². The van der Waals surface area contributed by atoms with E-state index in [1.54, 1.807) is 0 Å². The molecule has 4 nitrogen and oxygen atoms in total. The second kappa shape index (κ2) is 5.85. The molecule has 1 heterocycles. The molecule has 1 aliphatic carbocycles. The van der Waals surface area contributed by atoms with Gasteiger partial charge < -0.3 is 10.0 Å². The molecule has 0 amide bonds. The van der Waals surface area contributed by atoms with E-state index >= 15 is 0 Å². The summed E-state index contributed by atoms with van der Waals surface area (Å²) in [6, 6.07) is 0.394. The predicted molar refractivity (Wildman–Crippen MR) is 68.7 cm³/mol. The van der Waals surface area contributed by atoms with Crippen molar-refractivity contribution in [3.8, 4) is 0 Å². The molecular weight excluding hydrogens is 261 g/mol. The fourth-order valence-corrected chi connectivity index (χ4v) is 2.65. The van der Waals surface area contributed by atoms with Gasteiger partial charge in [0, 0.05) is 12.6 Å². The molecule has 94 valence electrons. The Kier molecular flexibility index (Phi) is 4.42. The largest absolute Gasteiger partial charge is 0.395 e. The van der Waals surface area contributed by atoms with Crippen LogP contribution in [0, 0.1) is 0 Å². The van der Waals surface area contributed by atoms with Crippen LogP contribution >= 0.6 is 23.2 Å². The Morgan fingerprint density at radius 2 is 2.06 bits per heavy atom. The third-order valence-electron chi connectivity index (χ3n) is 3.07. The van der Waals surface area contributed by atoms with E-state index < -0.39 is 0 Å². The van der Waals surface area contributed by atoms with Crippen LogP contribution in [-0.4, -0.2) is 34.3 Å². The molecule has 0 radical (unpaired) electrons. The minimum absolute atomic E-state index is 0.0778. The molecule has 0 aromatic carbocycles. The molecule has 1 aromatic rings. The van der Waals surface area contributed by atoms with E-state index in [4.69, 9.17) is 28.3 Å². The van der Waals surface area contributed by atoms with E-state index in [-0.39, 0.29) is 11.9 Å². The summed E-state index contributed by atoms with van der Waals surface area (Å²) in [5, 5.41) is 9.82. The lowest BCUT2D eigenvalue weighted by Gasteiger charge is -2.29. The zero-order chi connectivity index (χ0) is 12.3. The number of nitrogens with zero attached hydrogens (tertiary/aromatic N) is 3. The molecule has 0 atom stereocenters. The summed E-state index contributed by atoms with van der Waals surface area (Å²) in [6.45, 7) is 0.603. The molecule has 1 saturated carbocycles. The van der Waals surface area contributed by atoms with E-state index in [2.05, 4.69) is 9.97 Å². The van der Waals surface area contributed by atoms with Crippen LogP contribution < -0.4 is 4.90 Å². The predicted octanol–water partition coefficient (Wildman–Crippen LogP) is 2.52. The topological polar surface area (TPSA) is 49.2 Å². The smallest absolute Gasteiger partial charge is 0.224 e. The number of aromatic nitrogens is 2. The normalized spacial score (nSPS) is 16.4. The van der Waals surface area contributed by atoms with E-state index in [0.29, 0.717) is 23.4 Å². The van der Waals surface area contributed by atoms with Gasteiger partial charge in [-0.05, 0) is 24.4 Å². The van der Waals surface area contributed by atoms with Crippen LogP contribution in [0.3, 0.4) is 0 Å². The van der Waals surface area contributed by atoms with Crippen molar-refractivity contribution >= 4 is 29.0 Å². The van der Waals surface area contributed by atoms with Gasteiger partial charge in [0.15, 0.2) is 5.82 Å². The third kappa shape index (κ3) is 3.00. The Hall–Kier alpha value is -0.580. The molecule has 0 spiro atoms. The third-order valence-corrected chi connectivity index (χ3v) is 3.52. The Morgan fingerprint density at radius 1 is 1.35 bits per heavy atom. The highest BCUT2D eigenvalue weighted by Gasteiger charge is 2.25. The number of hydrogen-bond acceptors (Lipinski definition) is 4. The molecule has 17 heavy (non-hydrogen) atoms.